The van der Waals surface area contributed by atoms with E-state index in [1.807, 2.05) is 59.4 Å². The molecule has 0 saturated carbocycles. The van der Waals surface area contributed by atoms with E-state index in [-0.39, 0.29) is 0 Å². The number of benzene rings is 2. The van der Waals surface area contributed by atoms with E-state index in [4.69, 9.17) is 11.6 Å². The Morgan fingerprint density at radius 3 is 2.62 bits per heavy atom. The number of anilines is 1. The van der Waals surface area contributed by atoms with Gasteiger partial charge in [-0.2, -0.15) is 5.10 Å². The molecule has 106 valence electrons. The topological polar surface area (TPSA) is 29.9 Å². The first kappa shape index (κ1) is 14.2. The molecule has 0 atom stereocenters. The molecule has 3 aromatic rings. The highest BCUT2D eigenvalue weighted by atomic mass is 79.9. The van der Waals surface area contributed by atoms with Gasteiger partial charge in [-0.25, -0.2) is 4.68 Å². The number of nitrogens with zero attached hydrogens (tertiary/aromatic N) is 2. The molecule has 21 heavy (non-hydrogen) atoms. The highest BCUT2D eigenvalue weighted by molar-refractivity contribution is 9.10. The lowest BCUT2D eigenvalue weighted by Gasteiger charge is -2.08. The van der Waals surface area contributed by atoms with Crippen molar-refractivity contribution >= 4 is 33.2 Å². The van der Waals surface area contributed by atoms with Gasteiger partial charge in [0.15, 0.2) is 0 Å². The fraction of sp³-hybridized carbons (Fsp3) is 0.0625. The van der Waals surface area contributed by atoms with Gasteiger partial charge in [-0.05, 0) is 64.0 Å². The van der Waals surface area contributed by atoms with Crippen LogP contribution >= 0.6 is 27.5 Å². The maximum Gasteiger partial charge on any atom is 0.0647 e. The molecule has 0 aliphatic rings. The Morgan fingerprint density at radius 2 is 1.95 bits per heavy atom. The smallest absolute Gasteiger partial charge is 0.0647 e. The lowest BCUT2D eigenvalue weighted by atomic mass is 10.2. The zero-order chi connectivity index (χ0) is 14.7. The Labute approximate surface area is 136 Å². The maximum absolute atomic E-state index is 6.09. The van der Waals surface area contributed by atoms with Crippen LogP contribution in [0.25, 0.3) is 5.69 Å². The molecule has 0 amide bonds. The van der Waals surface area contributed by atoms with E-state index in [0.717, 1.165) is 33.0 Å². The second-order valence-corrected chi connectivity index (χ2v) is 5.86. The molecule has 3 nitrogen and oxygen atoms in total. The molecule has 0 aliphatic heterocycles. The van der Waals surface area contributed by atoms with Crippen LogP contribution in [0.4, 0.5) is 5.69 Å². The van der Waals surface area contributed by atoms with Crippen LogP contribution in [0.3, 0.4) is 0 Å². The normalized spacial score (nSPS) is 10.6. The summed E-state index contributed by atoms with van der Waals surface area (Å²) in [5.74, 6) is 0. The predicted octanol–water partition coefficient (Wildman–Crippen LogP) is 4.90. The maximum atomic E-state index is 6.09. The molecule has 5 heteroatoms. The van der Waals surface area contributed by atoms with Crippen LogP contribution in [-0.4, -0.2) is 9.78 Å². The Hall–Kier alpha value is -1.78. The van der Waals surface area contributed by atoms with E-state index in [2.05, 4.69) is 26.3 Å². The third-order valence-electron chi connectivity index (χ3n) is 3.12. The summed E-state index contributed by atoms with van der Waals surface area (Å²) >= 11 is 9.48. The van der Waals surface area contributed by atoms with Gasteiger partial charge in [-0.15, -0.1) is 0 Å². The predicted molar refractivity (Wildman–Crippen MR) is 90.0 cm³/mol. The van der Waals surface area contributed by atoms with Crippen LogP contribution in [0.15, 0.2) is 65.4 Å². The van der Waals surface area contributed by atoms with Crippen LogP contribution in [0.2, 0.25) is 5.02 Å². The summed E-state index contributed by atoms with van der Waals surface area (Å²) in [6.07, 6.45) is 3.69. The van der Waals surface area contributed by atoms with Crippen LogP contribution in [0, 0.1) is 0 Å². The first-order valence-corrected chi connectivity index (χ1v) is 7.67. The molecule has 1 heterocycles. The van der Waals surface area contributed by atoms with E-state index in [1.54, 1.807) is 6.20 Å². The highest BCUT2D eigenvalue weighted by Gasteiger charge is 2.00. The molecule has 0 bridgehead atoms. The Kier molecular flexibility index (Phi) is 4.27. The Balaban J connectivity index is 1.66. The van der Waals surface area contributed by atoms with Crippen molar-refractivity contribution in [3.8, 4) is 5.69 Å². The Morgan fingerprint density at radius 1 is 1.14 bits per heavy atom. The van der Waals surface area contributed by atoms with Crippen molar-refractivity contribution in [2.45, 2.75) is 6.54 Å². The third-order valence-corrected chi connectivity index (χ3v) is 4.35. The summed E-state index contributed by atoms with van der Waals surface area (Å²) in [6.45, 7) is 0.730. The zero-order valence-electron chi connectivity index (χ0n) is 11.1. The highest BCUT2D eigenvalue weighted by Crippen LogP contribution is 2.23. The van der Waals surface area contributed by atoms with Crippen LogP contribution in [0.1, 0.15) is 5.56 Å². The summed E-state index contributed by atoms with van der Waals surface area (Å²) in [5.41, 5.74) is 3.24. The lowest BCUT2D eigenvalue weighted by Crippen LogP contribution is -2.00. The number of hydrogen-bond acceptors (Lipinski definition) is 2. The van der Waals surface area contributed by atoms with E-state index >= 15 is 0 Å². The van der Waals surface area contributed by atoms with E-state index < -0.39 is 0 Å². The van der Waals surface area contributed by atoms with Gasteiger partial charge in [-0.3, -0.25) is 0 Å². The largest absolute Gasteiger partial charge is 0.381 e. The minimum Gasteiger partial charge on any atom is -0.381 e. The molecule has 0 spiro atoms. The molecule has 0 fully saturated rings. The molecular formula is C16H13BrClN3. The molecule has 1 N–H and O–H groups in total. The average Bonchev–Trinajstić information content (AvgIpc) is 3.03. The first-order valence-electron chi connectivity index (χ1n) is 6.50. The number of hydrogen-bond donors (Lipinski definition) is 1. The summed E-state index contributed by atoms with van der Waals surface area (Å²) in [7, 11) is 0. The van der Waals surface area contributed by atoms with E-state index in [9.17, 15) is 0 Å². The fourth-order valence-electron chi connectivity index (χ4n) is 2.01. The van der Waals surface area contributed by atoms with Crippen molar-refractivity contribution in [1.29, 1.82) is 0 Å². The third kappa shape index (κ3) is 3.46. The number of nitrogens with one attached hydrogen (secondary N) is 1. The molecule has 0 radical (unpaired) electrons. The van der Waals surface area contributed by atoms with Gasteiger partial charge < -0.3 is 5.32 Å². The van der Waals surface area contributed by atoms with Gasteiger partial charge in [0.05, 0.1) is 10.7 Å². The van der Waals surface area contributed by atoms with Gasteiger partial charge >= 0.3 is 0 Å². The molecule has 0 unspecified atom stereocenters. The quantitative estimate of drug-likeness (QED) is 0.715. The first-order chi connectivity index (χ1) is 10.2. The number of aromatic nitrogens is 2. The van der Waals surface area contributed by atoms with Gasteiger partial charge in [0.1, 0.15) is 0 Å². The summed E-state index contributed by atoms with van der Waals surface area (Å²) in [5, 5.41) is 8.31. The second-order valence-electron chi connectivity index (χ2n) is 4.60. The van der Waals surface area contributed by atoms with Crippen molar-refractivity contribution in [3.63, 3.8) is 0 Å². The van der Waals surface area contributed by atoms with Crippen molar-refractivity contribution < 1.29 is 0 Å². The van der Waals surface area contributed by atoms with E-state index in [1.165, 1.54) is 0 Å². The summed E-state index contributed by atoms with van der Waals surface area (Å²) in [6, 6.07) is 16.0. The standard InChI is InChI=1S/C16H13BrClN3/c17-15-7-2-12(10-16(15)18)11-19-13-3-5-14(6-4-13)21-9-1-8-20-21/h1-10,19H,11H2. The summed E-state index contributed by atoms with van der Waals surface area (Å²) < 4.78 is 2.75. The van der Waals surface area contributed by atoms with Crippen LogP contribution in [0.5, 0.6) is 0 Å². The van der Waals surface area contributed by atoms with Gasteiger partial charge in [0.2, 0.25) is 0 Å². The lowest BCUT2D eigenvalue weighted by molar-refractivity contribution is 0.880. The molecule has 0 saturated heterocycles. The van der Waals surface area contributed by atoms with Crippen molar-refractivity contribution in [3.05, 3.63) is 76.0 Å². The zero-order valence-corrected chi connectivity index (χ0v) is 13.5. The van der Waals surface area contributed by atoms with E-state index in [0.29, 0.717) is 0 Å². The van der Waals surface area contributed by atoms with Crippen LogP contribution in [-0.2, 0) is 6.54 Å². The molecule has 1 aromatic heterocycles. The van der Waals surface area contributed by atoms with Crippen molar-refractivity contribution in [2.75, 3.05) is 5.32 Å². The minimum atomic E-state index is 0.725. The monoisotopic (exact) mass is 361 g/mol. The SMILES string of the molecule is Clc1cc(CNc2ccc(-n3cccn3)cc2)ccc1Br. The van der Waals surface area contributed by atoms with Crippen molar-refractivity contribution in [2.24, 2.45) is 0 Å². The average molecular weight is 363 g/mol. The van der Waals surface area contributed by atoms with Crippen LogP contribution < -0.4 is 5.32 Å². The second kappa shape index (κ2) is 6.33. The fourth-order valence-corrected chi connectivity index (χ4v) is 2.46. The van der Waals surface area contributed by atoms with Gasteiger partial charge in [0.25, 0.3) is 0 Å². The Bertz CT molecular complexity index is 724. The molecule has 3 rings (SSSR count). The van der Waals surface area contributed by atoms with Gasteiger partial charge in [-0.1, -0.05) is 17.7 Å². The molecule has 0 aliphatic carbocycles. The van der Waals surface area contributed by atoms with Gasteiger partial charge in [0, 0.05) is 29.1 Å². The summed E-state index contributed by atoms with van der Waals surface area (Å²) in [4.78, 5) is 0. The number of rotatable bonds is 4. The molecule has 2 aromatic carbocycles. The van der Waals surface area contributed by atoms with Crippen molar-refractivity contribution in [1.82, 2.24) is 9.78 Å². The minimum absolute atomic E-state index is 0.725. The molecular weight excluding hydrogens is 350 g/mol. The number of halogens is 2.